The highest BCUT2D eigenvalue weighted by Gasteiger charge is 2.20. The molecule has 0 aliphatic heterocycles. The first-order valence-corrected chi connectivity index (χ1v) is 11.0. The maximum atomic E-state index is 13.1. The van der Waals surface area contributed by atoms with Gasteiger partial charge in [0.25, 0.3) is 0 Å². The molecule has 1 aromatic carbocycles. The number of aryl methyl sites for hydroxylation is 1. The molecule has 0 atom stereocenters. The molecule has 1 N–H and O–H groups in total. The number of carbonyl (C=O) groups excluding carboxylic acids is 1. The van der Waals surface area contributed by atoms with Crippen LogP contribution in [-0.2, 0) is 12.0 Å². The molecule has 0 radical (unpaired) electrons. The number of fused-ring (bicyclic) bond motifs is 1. The van der Waals surface area contributed by atoms with Crippen LogP contribution in [0.1, 0.15) is 68.9 Å². The molecular weight excluding hydrogens is 406 g/mol. The Balaban J connectivity index is 1.96. The Bertz CT molecular complexity index is 1180. The van der Waals surface area contributed by atoms with Crippen molar-refractivity contribution in [2.24, 2.45) is 0 Å². The van der Waals surface area contributed by atoms with Gasteiger partial charge in [-0.3, -0.25) is 10.2 Å². The number of ether oxygens (including phenoxy) is 2. The number of rotatable bonds is 8. The Morgan fingerprint density at radius 3 is 2.41 bits per heavy atom. The molecule has 172 valence electrons. The zero-order chi connectivity index (χ0) is 23.6. The third-order valence-electron chi connectivity index (χ3n) is 5.57. The second-order valence-corrected chi connectivity index (χ2v) is 9.06. The smallest absolute Gasteiger partial charge is 0.242 e. The van der Waals surface area contributed by atoms with Crippen molar-refractivity contribution >= 4 is 11.4 Å². The average molecular weight is 440 g/mol. The summed E-state index contributed by atoms with van der Waals surface area (Å²) in [4.78, 5) is 13.1. The fourth-order valence-electron chi connectivity index (χ4n) is 3.46. The summed E-state index contributed by atoms with van der Waals surface area (Å²) in [6, 6.07) is 7.38. The summed E-state index contributed by atoms with van der Waals surface area (Å²) in [5, 5.41) is 17.4. The van der Waals surface area contributed by atoms with E-state index < -0.39 is 0 Å². The molecule has 32 heavy (non-hydrogen) atoms. The van der Waals surface area contributed by atoms with Crippen LogP contribution < -0.4 is 15.1 Å². The molecule has 0 saturated carbocycles. The van der Waals surface area contributed by atoms with E-state index in [4.69, 9.17) is 14.9 Å². The second-order valence-electron chi connectivity index (χ2n) is 9.06. The molecule has 0 aliphatic carbocycles. The van der Waals surface area contributed by atoms with Crippen molar-refractivity contribution in [1.29, 1.82) is 5.41 Å². The first-order valence-electron chi connectivity index (χ1n) is 11.0. The van der Waals surface area contributed by atoms with Crippen LogP contribution in [0.15, 0.2) is 24.3 Å². The highest BCUT2D eigenvalue weighted by molar-refractivity contribution is 5.96. The van der Waals surface area contributed by atoms with Crippen LogP contribution in [0.2, 0.25) is 0 Å². The maximum absolute atomic E-state index is 13.1. The van der Waals surface area contributed by atoms with Crippen molar-refractivity contribution in [3.05, 3.63) is 46.6 Å². The maximum Gasteiger partial charge on any atom is 0.242 e. The summed E-state index contributed by atoms with van der Waals surface area (Å²) in [7, 11) is 1.59. The third-order valence-corrected chi connectivity index (χ3v) is 5.57. The van der Waals surface area contributed by atoms with Gasteiger partial charge in [-0.1, -0.05) is 34.6 Å². The zero-order valence-corrected chi connectivity index (χ0v) is 20.0. The number of aromatic nitrogens is 4. The Hall–Kier alpha value is -3.16. The van der Waals surface area contributed by atoms with Crippen LogP contribution in [0.5, 0.6) is 11.6 Å². The van der Waals surface area contributed by atoms with Crippen LogP contribution in [-0.4, -0.2) is 38.4 Å². The summed E-state index contributed by atoms with van der Waals surface area (Å²) in [6.07, 6.45) is 1.81. The highest BCUT2D eigenvalue weighted by atomic mass is 16.5. The van der Waals surface area contributed by atoms with Gasteiger partial charge in [-0.2, -0.15) is 4.52 Å². The van der Waals surface area contributed by atoms with Crippen molar-refractivity contribution in [2.75, 3.05) is 7.11 Å². The van der Waals surface area contributed by atoms with Crippen LogP contribution in [0.3, 0.4) is 0 Å². The van der Waals surface area contributed by atoms with E-state index in [0.29, 0.717) is 22.8 Å². The average Bonchev–Trinajstić information content (AvgIpc) is 3.07. The quantitative estimate of drug-likeness (QED) is 0.534. The lowest BCUT2D eigenvalue weighted by molar-refractivity contribution is 0.0965. The number of hydrogen-bond acceptors (Lipinski definition) is 6. The summed E-state index contributed by atoms with van der Waals surface area (Å²) in [5.74, 6) is 0.936. The van der Waals surface area contributed by atoms with Crippen molar-refractivity contribution in [2.45, 2.75) is 72.4 Å². The SMILES string of the molecule is CCC(CC)Oc1cc(C)c2nn(CC(=O)c3cc(OC)cc(C(C)(C)C)c3)c(=N)n2n1. The number of hydrogen-bond donors (Lipinski definition) is 1. The lowest BCUT2D eigenvalue weighted by Crippen LogP contribution is -2.27. The van der Waals surface area contributed by atoms with Gasteiger partial charge in [-0.25, -0.2) is 4.68 Å². The van der Waals surface area contributed by atoms with Gasteiger partial charge in [0.1, 0.15) is 12.3 Å². The lowest BCUT2D eigenvalue weighted by Gasteiger charge is -2.20. The lowest BCUT2D eigenvalue weighted by atomic mass is 9.85. The van der Waals surface area contributed by atoms with Crippen LogP contribution in [0, 0.1) is 12.3 Å². The van der Waals surface area contributed by atoms with Crippen LogP contribution in [0.4, 0.5) is 0 Å². The van der Waals surface area contributed by atoms with E-state index in [-0.39, 0.29) is 29.5 Å². The van der Waals surface area contributed by atoms with Gasteiger partial charge in [0, 0.05) is 17.2 Å². The molecule has 0 amide bonds. The topological polar surface area (TPSA) is 94.5 Å². The number of nitrogens with zero attached hydrogens (tertiary/aromatic N) is 4. The molecule has 3 rings (SSSR count). The molecular formula is C24H33N5O3. The minimum Gasteiger partial charge on any atom is -0.497 e. The first-order chi connectivity index (χ1) is 15.1. The molecule has 8 heteroatoms. The van der Waals surface area contributed by atoms with Crippen molar-refractivity contribution in [1.82, 2.24) is 19.4 Å². The van der Waals surface area contributed by atoms with Crippen LogP contribution >= 0.6 is 0 Å². The number of ketones is 1. The monoisotopic (exact) mass is 439 g/mol. The fourth-order valence-corrected chi connectivity index (χ4v) is 3.46. The van der Waals surface area contributed by atoms with Crippen LogP contribution in [0.25, 0.3) is 5.65 Å². The van der Waals surface area contributed by atoms with Gasteiger partial charge in [0.15, 0.2) is 11.4 Å². The molecule has 0 saturated heterocycles. The number of nitrogens with one attached hydrogen (secondary N) is 1. The number of benzene rings is 1. The largest absolute Gasteiger partial charge is 0.497 e. The Morgan fingerprint density at radius 2 is 1.81 bits per heavy atom. The van der Waals surface area contributed by atoms with E-state index in [2.05, 4.69) is 44.8 Å². The normalized spacial score (nSPS) is 11.9. The van der Waals surface area contributed by atoms with Gasteiger partial charge in [-0.15, -0.1) is 10.2 Å². The predicted molar refractivity (Wildman–Crippen MR) is 123 cm³/mol. The van der Waals surface area contributed by atoms with E-state index in [0.717, 1.165) is 24.0 Å². The molecule has 3 aromatic rings. The van der Waals surface area contributed by atoms with Gasteiger partial charge >= 0.3 is 0 Å². The van der Waals surface area contributed by atoms with E-state index in [1.54, 1.807) is 13.2 Å². The minimum absolute atomic E-state index is 0.0189. The van der Waals surface area contributed by atoms with E-state index in [1.165, 1.54) is 9.20 Å². The van der Waals surface area contributed by atoms with Gasteiger partial charge < -0.3 is 9.47 Å². The summed E-state index contributed by atoms with van der Waals surface area (Å²) in [6.45, 7) is 12.2. The van der Waals surface area contributed by atoms with Gasteiger partial charge in [0.2, 0.25) is 11.5 Å². The third kappa shape index (κ3) is 4.84. The number of carbonyl (C=O) groups is 1. The molecule has 2 heterocycles. The summed E-state index contributed by atoms with van der Waals surface area (Å²) in [5.41, 5.74) is 2.78. The molecule has 2 aromatic heterocycles. The van der Waals surface area contributed by atoms with Gasteiger partial charge in [0.05, 0.1) is 13.2 Å². The molecule has 0 fully saturated rings. The first kappa shape index (κ1) is 23.5. The van der Waals surface area contributed by atoms with E-state index in [9.17, 15) is 4.79 Å². The molecule has 0 spiro atoms. The number of Topliss-reactive ketones (excluding diaryl/α,β-unsaturated/α-hetero) is 1. The Morgan fingerprint density at radius 1 is 1.12 bits per heavy atom. The standard InChI is InChI=1S/C24H33N5O3/c1-8-18(9-2)32-21-10-15(3)22-27-28(23(25)29(22)26-21)14-20(30)16-11-17(24(4,5)6)13-19(12-16)31-7/h10-13,18,25H,8-9,14H2,1-7H3. The van der Waals surface area contributed by atoms with Crippen molar-refractivity contribution < 1.29 is 14.3 Å². The van der Waals surface area contributed by atoms with E-state index >= 15 is 0 Å². The van der Waals surface area contributed by atoms with Crippen molar-refractivity contribution in [3.8, 4) is 11.6 Å². The Labute approximate surface area is 188 Å². The predicted octanol–water partition coefficient (Wildman–Crippen LogP) is 4.08. The van der Waals surface area contributed by atoms with Gasteiger partial charge in [-0.05, 0) is 48.9 Å². The number of methoxy groups -OCH3 is 1. The Kier molecular flexibility index (Phi) is 6.71. The second kappa shape index (κ2) is 9.14. The summed E-state index contributed by atoms with van der Waals surface area (Å²) < 4.78 is 14.1. The molecule has 0 aliphatic rings. The zero-order valence-electron chi connectivity index (χ0n) is 20.0. The highest BCUT2D eigenvalue weighted by Crippen LogP contribution is 2.28. The van der Waals surface area contributed by atoms with E-state index in [1.807, 2.05) is 25.1 Å². The molecule has 0 bridgehead atoms. The van der Waals surface area contributed by atoms with Crippen molar-refractivity contribution in [3.63, 3.8) is 0 Å². The summed E-state index contributed by atoms with van der Waals surface area (Å²) >= 11 is 0. The minimum atomic E-state index is -0.150. The molecule has 8 nitrogen and oxygen atoms in total. The molecule has 0 unspecified atom stereocenters. The fraction of sp³-hybridized carbons (Fsp3) is 0.500.